The third-order valence-corrected chi connectivity index (χ3v) is 3.60. The van der Waals surface area contributed by atoms with Crippen LogP contribution in [0.3, 0.4) is 0 Å². The zero-order valence-corrected chi connectivity index (χ0v) is 13.0. The van der Waals surface area contributed by atoms with Crippen molar-refractivity contribution < 1.29 is 4.74 Å². The Kier molecular flexibility index (Phi) is 5.15. The molecule has 1 aromatic carbocycles. The second-order valence-electron chi connectivity index (χ2n) is 4.40. The Hall–Kier alpha value is -1.14. The van der Waals surface area contributed by atoms with Crippen molar-refractivity contribution in [1.29, 1.82) is 0 Å². The molecule has 1 heterocycles. The van der Waals surface area contributed by atoms with E-state index in [2.05, 4.69) is 34.5 Å². The molecule has 0 aliphatic rings. The molecule has 2 N–H and O–H groups in total. The molecule has 100 valence electrons. The number of pyridine rings is 1. The first-order valence-corrected chi connectivity index (χ1v) is 7.39. The molecule has 1 aromatic heterocycles. The number of benzene rings is 1. The van der Waals surface area contributed by atoms with Crippen molar-refractivity contribution in [2.24, 2.45) is 5.73 Å². The zero-order chi connectivity index (χ0) is 13.7. The van der Waals surface area contributed by atoms with Crippen LogP contribution in [0.1, 0.15) is 18.9 Å². The molecular formula is C15H17IN2O. The van der Waals surface area contributed by atoms with Crippen LogP contribution in [0.2, 0.25) is 0 Å². The van der Waals surface area contributed by atoms with Crippen LogP contribution >= 0.6 is 22.6 Å². The lowest BCUT2D eigenvalue weighted by Crippen LogP contribution is -2.21. The van der Waals surface area contributed by atoms with Crippen molar-refractivity contribution >= 4 is 22.6 Å². The Bertz CT molecular complexity index is 528. The summed E-state index contributed by atoms with van der Waals surface area (Å²) in [6.07, 6.45) is 3.46. The first kappa shape index (κ1) is 14.3. The van der Waals surface area contributed by atoms with Gasteiger partial charge in [-0.2, -0.15) is 0 Å². The molecule has 0 aliphatic heterocycles. The van der Waals surface area contributed by atoms with E-state index in [9.17, 15) is 0 Å². The van der Waals surface area contributed by atoms with Crippen molar-refractivity contribution in [1.82, 2.24) is 4.98 Å². The summed E-state index contributed by atoms with van der Waals surface area (Å²) >= 11 is 2.27. The largest absolute Gasteiger partial charge is 0.439 e. The summed E-state index contributed by atoms with van der Waals surface area (Å²) in [5.41, 5.74) is 7.05. The van der Waals surface area contributed by atoms with E-state index >= 15 is 0 Å². The highest BCUT2D eigenvalue weighted by Gasteiger charge is 2.09. The molecule has 0 aliphatic carbocycles. The van der Waals surface area contributed by atoms with Crippen LogP contribution in [0, 0.1) is 3.57 Å². The lowest BCUT2D eigenvalue weighted by molar-refractivity contribution is 0.452. The van der Waals surface area contributed by atoms with Crippen LogP contribution in [-0.2, 0) is 6.42 Å². The fourth-order valence-electron chi connectivity index (χ4n) is 1.71. The van der Waals surface area contributed by atoms with Gasteiger partial charge in [-0.25, -0.2) is 4.98 Å². The van der Waals surface area contributed by atoms with E-state index in [1.54, 1.807) is 6.20 Å². The standard InChI is InChI=1S/C15H17IN2O/c1-2-13(17)10-11-4-3-9-18-15(11)19-14-7-5-12(16)6-8-14/h3-9,13H,2,10,17H2,1H3. The van der Waals surface area contributed by atoms with Gasteiger partial charge in [0.2, 0.25) is 5.88 Å². The molecular weight excluding hydrogens is 351 g/mol. The van der Waals surface area contributed by atoms with E-state index in [-0.39, 0.29) is 6.04 Å². The maximum Gasteiger partial charge on any atom is 0.222 e. The maximum atomic E-state index is 6.00. The maximum absolute atomic E-state index is 6.00. The smallest absolute Gasteiger partial charge is 0.222 e. The van der Waals surface area contributed by atoms with Crippen molar-refractivity contribution in [3.05, 3.63) is 51.7 Å². The van der Waals surface area contributed by atoms with E-state index in [0.29, 0.717) is 5.88 Å². The summed E-state index contributed by atoms with van der Waals surface area (Å²) in [4.78, 5) is 4.30. The highest BCUT2D eigenvalue weighted by molar-refractivity contribution is 14.1. The molecule has 2 aromatic rings. The summed E-state index contributed by atoms with van der Waals surface area (Å²) in [6.45, 7) is 2.08. The van der Waals surface area contributed by atoms with Crippen LogP contribution < -0.4 is 10.5 Å². The molecule has 1 unspecified atom stereocenters. The molecule has 1 atom stereocenters. The van der Waals surface area contributed by atoms with E-state index in [4.69, 9.17) is 10.5 Å². The van der Waals surface area contributed by atoms with Gasteiger partial charge in [-0.05, 0) is 65.8 Å². The average molecular weight is 368 g/mol. The van der Waals surface area contributed by atoms with Crippen molar-refractivity contribution in [2.45, 2.75) is 25.8 Å². The Morgan fingerprint density at radius 3 is 2.68 bits per heavy atom. The number of halogens is 1. The predicted octanol–water partition coefficient (Wildman–Crippen LogP) is 3.76. The number of ether oxygens (including phenoxy) is 1. The fourth-order valence-corrected chi connectivity index (χ4v) is 2.07. The summed E-state index contributed by atoms with van der Waals surface area (Å²) in [6, 6.07) is 12.0. The number of rotatable bonds is 5. The molecule has 4 heteroatoms. The van der Waals surface area contributed by atoms with Crippen molar-refractivity contribution in [3.63, 3.8) is 0 Å². The fraction of sp³-hybridized carbons (Fsp3) is 0.267. The zero-order valence-electron chi connectivity index (χ0n) is 10.8. The molecule has 0 amide bonds. The quantitative estimate of drug-likeness (QED) is 0.818. The minimum Gasteiger partial charge on any atom is -0.439 e. The summed E-state index contributed by atoms with van der Waals surface area (Å²) < 4.78 is 7.02. The Balaban J connectivity index is 2.17. The molecule has 0 radical (unpaired) electrons. The number of nitrogens with zero attached hydrogens (tertiary/aromatic N) is 1. The van der Waals surface area contributed by atoms with Gasteiger partial charge in [0.1, 0.15) is 5.75 Å². The SMILES string of the molecule is CCC(N)Cc1cccnc1Oc1ccc(I)cc1. The Labute approximate surface area is 127 Å². The highest BCUT2D eigenvalue weighted by Crippen LogP contribution is 2.24. The monoisotopic (exact) mass is 368 g/mol. The summed E-state index contributed by atoms with van der Waals surface area (Å²) in [5, 5.41) is 0. The van der Waals surface area contributed by atoms with Crippen LogP contribution in [0.4, 0.5) is 0 Å². The van der Waals surface area contributed by atoms with Crippen LogP contribution in [0.15, 0.2) is 42.6 Å². The third kappa shape index (κ3) is 4.18. The minimum absolute atomic E-state index is 0.142. The number of hydrogen-bond acceptors (Lipinski definition) is 3. The lowest BCUT2D eigenvalue weighted by Gasteiger charge is -2.13. The number of hydrogen-bond donors (Lipinski definition) is 1. The average Bonchev–Trinajstić information content (AvgIpc) is 2.43. The van der Waals surface area contributed by atoms with Gasteiger partial charge in [0, 0.05) is 21.4 Å². The third-order valence-electron chi connectivity index (χ3n) is 2.88. The normalized spacial score (nSPS) is 12.2. The molecule has 19 heavy (non-hydrogen) atoms. The van der Waals surface area contributed by atoms with E-state index in [0.717, 1.165) is 24.2 Å². The van der Waals surface area contributed by atoms with Gasteiger partial charge in [-0.3, -0.25) is 0 Å². The van der Waals surface area contributed by atoms with Crippen LogP contribution in [0.5, 0.6) is 11.6 Å². The molecule has 0 bridgehead atoms. The van der Waals surface area contributed by atoms with Gasteiger partial charge in [0.15, 0.2) is 0 Å². The molecule has 0 saturated carbocycles. The van der Waals surface area contributed by atoms with Crippen molar-refractivity contribution in [2.75, 3.05) is 0 Å². The van der Waals surface area contributed by atoms with E-state index < -0.39 is 0 Å². The van der Waals surface area contributed by atoms with Gasteiger partial charge in [0.25, 0.3) is 0 Å². The van der Waals surface area contributed by atoms with Gasteiger partial charge in [-0.15, -0.1) is 0 Å². The summed E-state index contributed by atoms with van der Waals surface area (Å²) in [5.74, 6) is 1.44. The molecule has 3 nitrogen and oxygen atoms in total. The van der Waals surface area contributed by atoms with Crippen molar-refractivity contribution in [3.8, 4) is 11.6 Å². The van der Waals surface area contributed by atoms with Gasteiger partial charge in [-0.1, -0.05) is 13.0 Å². The molecule has 0 spiro atoms. The highest BCUT2D eigenvalue weighted by atomic mass is 127. The number of aromatic nitrogens is 1. The Morgan fingerprint density at radius 1 is 1.26 bits per heavy atom. The molecule has 0 fully saturated rings. The van der Waals surface area contributed by atoms with Gasteiger partial charge < -0.3 is 10.5 Å². The second-order valence-corrected chi connectivity index (χ2v) is 5.64. The van der Waals surface area contributed by atoms with Crippen LogP contribution in [0.25, 0.3) is 0 Å². The number of nitrogens with two attached hydrogens (primary N) is 1. The lowest BCUT2D eigenvalue weighted by atomic mass is 10.1. The molecule has 0 saturated heterocycles. The first-order valence-electron chi connectivity index (χ1n) is 6.32. The minimum atomic E-state index is 0.142. The van der Waals surface area contributed by atoms with Gasteiger partial charge in [0.05, 0.1) is 0 Å². The second kappa shape index (κ2) is 6.86. The van der Waals surface area contributed by atoms with E-state index in [1.165, 1.54) is 3.57 Å². The Morgan fingerprint density at radius 2 is 2.00 bits per heavy atom. The topological polar surface area (TPSA) is 48.1 Å². The molecule has 2 rings (SSSR count). The summed E-state index contributed by atoms with van der Waals surface area (Å²) in [7, 11) is 0. The van der Waals surface area contributed by atoms with Crippen LogP contribution in [-0.4, -0.2) is 11.0 Å². The van der Waals surface area contributed by atoms with Gasteiger partial charge >= 0.3 is 0 Å². The predicted molar refractivity (Wildman–Crippen MR) is 85.4 cm³/mol. The van der Waals surface area contributed by atoms with E-state index in [1.807, 2.05) is 36.4 Å². The first-order chi connectivity index (χ1) is 9.19.